The number of halogens is 1. The monoisotopic (exact) mass is 383 g/mol. The van der Waals surface area contributed by atoms with E-state index in [1.165, 1.54) is 0 Å². The van der Waals surface area contributed by atoms with E-state index in [-0.39, 0.29) is 29.6 Å². The minimum absolute atomic E-state index is 0.0291. The van der Waals surface area contributed by atoms with E-state index in [0.717, 1.165) is 24.3 Å². The maximum Gasteiger partial charge on any atom is 0.269 e. The van der Waals surface area contributed by atoms with Crippen molar-refractivity contribution in [1.82, 2.24) is 10.0 Å². The largest absolute Gasteiger partial charge is 0.351 e. The highest BCUT2D eigenvalue weighted by atomic mass is 35.5. The summed E-state index contributed by atoms with van der Waals surface area (Å²) in [5, 5.41) is 13.6. The van der Waals surface area contributed by atoms with Gasteiger partial charge in [0.2, 0.25) is 10.0 Å². The van der Waals surface area contributed by atoms with Crippen molar-refractivity contribution in [2.75, 3.05) is 13.1 Å². The zero-order valence-electron chi connectivity index (χ0n) is 12.8. The molecule has 0 radical (unpaired) electrons. The van der Waals surface area contributed by atoms with Crippen molar-refractivity contribution in [2.24, 2.45) is 0 Å². The Morgan fingerprint density at radius 2 is 1.64 bits per heavy atom. The summed E-state index contributed by atoms with van der Waals surface area (Å²) in [4.78, 5) is 21.7. The lowest BCUT2D eigenvalue weighted by Gasteiger charge is -2.08. The van der Waals surface area contributed by atoms with Crippen LogP contribution >= 0.6 is 11.6 Å². The van der Waals surface area contributed by atoms with E-state index in [1.54, 1.807) is 24.3 Å². The van der Waals surface area contributed by atoms with Crippen molar-refractivity contribution in [3.63, 3.8) is 0 Å². The highest BCUT2D eigenvalue weighted by Gasteiger charge is 2.15. The summed E-state index contributed by atoms with van der Waals surface area (Å²) in [6.45, 7) is 0.0479. The molecule has 8 nitrogen and oxygen atoms in total. The van der Waals surface area contributed by atoms with Crippen LogP contribution in [-0.4, -0.2) is 32.3 Å². The highest BCUT2D eigenvalue weighted by molar-refractivity contribution is 7.89. The van der Waals surface area contributed by atoms with Gasteiger partial charge in [0.05, 0.1) is 9.82 Å². The van der Waals surface area contributed by atoms with Gasteiger partial charge in [0.25, 0.3) is 11.6 Å². The Labute approximate surface area is 149 Å². The molecule has 0 saturated heterocycles. The van der Waals surface area contributed by atoms with Gasteiger partial charge in [0.15, 0.2) is 0 Å². The zero-order valence-corrected chi connectivity index (χ0v) is 14.4. The van der Waals surface area contributed by atoms with Crippen LogP contribution in [-0.2, 0) is 10.0 Å². The summed E-state index contributed by atoms with van der Waals surface area (Å²) in [5.41, 5.74) is 0.205. The number of rotatable bonds is 7. The molecule has 0 bridgehead atoms. The van der Waals surface area contributed by atoms with Gasteiger partial charge < -0.3 is 5.32 Å². The maximum atomic E-state index is 12.1. The van der Waals surface area contributed by atoms with Crippen LogP contribution in [0.2, 0.25) is 5.02 Å². The van der Waals surface area contributed by atoms with Crippen LogP contribution in [0, 0.1) is 10.1 Å². The van der Waals surface area contributed by atoms with Crippen LogP contribution in [0.5, 0.6) is 0 Å². The third-order valence-corrected chi connectivity index (χ3v) is 4.90. The van der Waals surface area contributed by atoms with Gasteiger partial charge in [0.1, 0.15) is 0 Å². The smallest absolute Gasteiger partial charge is 0.269 e. The van der Waals surface area contributed by atoms with Gasteiger partial charge >= 0.3 is 0 Å². The highest BCUT2D eigenvalue weighted by Crippen LogP contribution is 2.15. The standard InChI is InChI=1S/C15H14ClN3O5S/c16-12-3-1-11(2-4-12)15(20)17-9-10-18-25(23,24)14-7-5-13(6-8-14)19(21)22/h1-8,18H,9-10H2,(H,17,20). The van der Waals surface area contributed by atoms with Crippen molar-refractivity contribution < 1.29 is 18.1 Å². The molecule has 2 aromatic rings. The lowest BCUT2D eigenvalue weighted by molar-refractivity contribution is -0.384. The average Bonchev–Trinajstić information content (AvgIpc) is 2.59. The second-order valence-corrected chi connectivity index (χ2v) is 7.11. The van der Waals surface area contributed by atoms with E-state index < -0.39 is 14.9 Å². The van der Waals surface area contributed by atoms with Crippen LogP contribution in [0.4, 0.5) is 5.69 Å². The van der Waals surface area contributed by atoms with E-state index in [0.29, 0.717) is 10.6 Å². The summed E-state index contributed by atoms with van der Waals surface area (Å²) < 4.78 is 26.4. The number of sulfonamides is 1. The van der Waals surface area contributed by atoms with Crippen molar-refractivity contribution in [3.8, 4) is 0 Å². The number of carbonyl (C=O) groups is 1. The molecule has 0 aliphatic heterocycles. The fourth-order valence-corrected chi connectivity index (χ4v) is 3.05. The predicted octanol–water partition coefficient (Wildman–Crippen LogP) is 1.96. The SMILES string of the molecule is O=C(NCCNS(=O)(=O)c1ccc([N+](=O)[O-])cc1)c1ccc(Cl)cc1. The van der Waals surface area contributed by atoms with E-state index in [2.05, 4.69) is 10.0 Å². The molecule has 0 aromatic heterocycles. The van der Waals surface area contributed by atoms with Gasteiger partial charge in [-0.2, -0.15) is 0 Å². The fourth-order valence-electron chi connectivity index (χ4n) is 1.90. The van der Waals surface area contributed by atoms with Gasteiger partial charge in [-0.1, -0.05) is 11.6 Å². The molecule has 10 heteroatoms. The number of benzene rings is 2. The average molecular weight is 384 g/mol. The molecule has 132 valence electrons. The number of nitrogens with zero attached hydrogens (tertiary/aromatic N) is 1. The molecule has 0 unspecified atom stereocenters. The lowest BCUT2D eigenvalue weighted by Crippen LogP contribution is -2.34. The van der Waals surface area contributed by atoms with Crippen LogP contribution in [0.1, 0.15) is 10.4 Å². The second kappa shape index (κ2) is 8.06. The first-order chi connectivity index (χ1) is 11.8. The number of nitro groups is 1. The molecule has 1 amide bonds. The Morgan fingerprint density at radius 1 is 1.04 bits per heavy atom. The third-order valence-electron chi connectivity index (χ3n) is 3.17. The molecular formula is C15H14ClN3O5S. The predicted molar refractivity (Wildman–Crippen MR) is 92.1 cm³/mol. The molecule has 0 atom stereocenters. The quantitative estimate of drug-likeness (QED) is 0.430. The number of nitro benzene ring substituents is 1. The maximum absolute atomic E-state index is 12.1. The van der Waals surface area contributed by atoms with Crippen molar-refractivity contribution in [1.29, 1.82) is 0 Å². The van der Waals surface area contributed by atoms with Gasteiger partial charge in [-0.25, -0.2) is 13.1 Å². The van der Waals surface area contributed by atoms with Crippen LogP contribution < -0.4 is 10.0 Å². The summed E-state index contributed by atoms with van der Waals surface area (Å²) in [6.07, 6.45) is 0. The minimum atomic E-state index is -3.81. The van der Waals surface area contributed by atoms with Crippen molar-refractivity contribution in [3.05, 3.63) is 69.2 Å². The number of carbonyl (C=O) groups excluding carboxylic acids is 1. The first-order valence-electron chi connectivity index (χ1n) is 7.07. The molecule has 0 saturated carbocycles. The Morgan fingerprint density at radius 3 is 2.20 bits per heavy atom. The normalized spacial score (nSPS) is 11.1. The number of hydrogen-bond acceptors (Lipinski definition) is 5. The van der Waals surface area contributed by atoms with Crippen molar-refractivity contribution in [2.45, 2.75) is 4.90 Å². The third kappa shape index (κ3) is 5.24. The van der Waals surface area contributed by atoms with E-state index in [1.807, 2.05) is 0 Å². The molecule has 0 fully saturated rings. The van der Waals surface area contributed by atoms with E-state index in [4.69, 9.17) is 11.6 Å². The summed E-state index contributed by atoms with van der Waals surface area (Å²) in [6, 6.07) is 10.8. The molecule has 2 aromatic carbocycles. The molecule has 2 N–H and O–H groups in total. The summed E-state index contributed by atoms with van der Waals surface area (Å²) in [7, 11) is -3.81. The van der Waals surface area contributed by atoms with E-state index >= 15 is 0 Å². The molecular weight excluding hydrogens is 370 g/mol. The topological polar surface area (TPSA) is 118 Å². The Bertz CT molecular complexity index is 867. The molecule has 0 aliphatic rings. The van der Waals surface area contributed by atoms with Gasteiger partial charge in [0, 0.05) is 35.8 Å². The molecule has 0 heterocycles. The number of non-ortho nitro benzene ring substituents is 1. The first-order valence-corrected chi connectivity index (χ1v) is 8.93. The Hall–Kier alpha value is -2.49. The van der Waals surface area contributed by atoms with E-state index in [9.17, 15) is 23.3 Å². The number of hydrogen-bond donors (Lipinski definition) is 2. The van der Waals surface area contributed by atoms with Gasteiger partial charge in [-0.3, -0.25) is 14.9 Å². The summed E-state index contributed by atoms with van der Waals surface area (Å²) in [5.74, 6) is -0.355. The summed E-state index contributed by atoms with van der Waals surface area (Å²) >= 11 is 5.73. The molecule has 0 aliphatic carbocycles. The van der Waals surface area contributed by atoms with Gasteiger partial charge in [-0.15, -0.1) is 0 Å². The number of amides is 1. The first kappa shape index (κ1) is 18.8. The molecule has 25 heavy (non-hydrogen) atoms. The lowest BCUT2D eigenvalue weighted by atomic mass is 10.2. The molecule has 2 rings (SSSR count). The van der Waals surface area contributed by atoms with Crippen LogP contribution in [0.15, 0.2) is 53.4 Å². The van der Waals surface area contributed by atoms with Crippen molar-refractivity contribution >= 4 is 33.2 Å². The number of nitrogens with one attached hydrogen (secondary N) is 2. The Kier molecular flexibility index (Phi) is 6.07. The second-order valence-electron chi connectivity index (χ2n) is 4.91. The van der Waals surface area contributed by atoms with Gasteiger partial charge in [-0.05, 0) is 36.4 Å². The molecule has 0 spiro atoms. The fraction of sp³-hybridized carbons (Fsp3) is 0.133. The van der Waals surface area contributed by atoms with Crippen LogP contribution in [0.25, 0.3) is 0 Å². The minimum Gasteiger partial charge on any atom is -0.351 e. The Balaban J connectivity index is 1.86. The van der Waals surface area contributed by atoms with Crippen LogP contribution in [0.3, 0.4) is 0 Å². The zero-order chi connectivity index (χ0) is 18.4.